The maximum Gasteiger partial charge on any atom is 0.157 e. The van der Waals surface area contributed by atoms with Gasteiger partial charge >= 0.3 is 0 Å². The largest absolute Gasteiger partial charge is 0.382 e. The van der Waals surface area contributed by atoms with Crippen molar-refractivity contribution in [3.05, 3.63) is 47.2 Å². The lowest BCUT2D eigenvalue weighted by Crippen LogP contribution is -2.17. The van der Waals surface area contributed by atoms with Gasteiger partial charge in [-0.15, -0.1) is 0 Å². The molecule has 84 valence electrons. The molecule has 0 saturated heterocycles. The lowest BCUT2D eigenvalue weighted by Gasteiger charge is -2.18. The number of nitrogens with one attached hydrogen (secondary N) is 1. The Morgan fingerprint density at radius 2 is 2.00 bits per heavy atom. The van der Waals surface area contributed by atoms with Gasteiger partial charge in [-0.2, -0.15) is 0 Å². The zero-order valence-electron chi connectivity index (χ0n) is 9.79. The van der Waals surface area contributed by atoms with Crippen LogP contribution in [0.25, 0.3) is 0 Å². The topological polar surface area (TPSA) is 29.1 Å². The Kier molecular flexibility index (Phi) is 3.09. The molecule has 1 aliphatic rings. The highest BCUT2D eigenvalue weighted by Crippen LogP contribution is 2.21. The minimum Gasteiger partial charge on any atom is -0.382 e. The summed E-state index contributed by atoms with van der Waals surface area (Å²) in [6, 6.07) is 8.60. The molecule has 1 aromatic carbocycles. The van der Waals surface area contributed by atoms with Crippen molar-refractivity contribution < 1.29 is 4.79 Å². The summed E-state index contributed by atoms with van der Waals surface area (Å²) < 4.78 is 0. The molecule has 0 radical (unpaired) electrons. The van der Waals surface area contributed by atoms with E-state index in [4.69, 9.17) is 0 Å². The van der Waals surface area contributed by atoms with Gasteiger partial charge < -0.3 is 5.32 Å². The molecule has 16 heavy (non-hydrogen) atoms. The van der Waals surface area contributed by atoms with E-state index < -0.39 is 0 Å². The van der Waals surface area contributed by atoms with Crippen LogP contribution in [0.3, 0.4) is 0 Å². The van der Waals surface area contributed by atoms with Crippen LogP contribution in [-0.4, -0.2) is 5.78 Å². The highest BCUT2D eigenvalue weighted by molar-refractivity contribution is 5.92. The number of benzene rings is 1. The SMILES string of the molecule is Cc1ccccc1C(C)NC1=CC(=O)CC1. The summed E-state index contributed by atoms with van der Waals surface area (Å²) in [5, 5.41) is 3.41. The monoisotopic (exact) mass is 215 g/mol. The van der Waals surface area contributed by atoms with Gasteiger partial charge in [-0.1, -0.05) is 24.3 Å². The minimum absolute atomic E-state index is 0.236. The van der Waals surface area contributed by atoms with Crippen molar-refractivity contribution in [3.8, 4) is 0 Å². The predicted molar refractivity (Wildman–Crippen MR) is 65.1 cm³/mol. The molecule has 0 saturated carbocycles. The molecule has 2 heteroatoms. The normalized spacial score (nSPS) is 17.1. The smallest absolute Gasteiger partial charge is 0.157 e. The molecule has 1 aromatic rings. The quantitative estimate of drug-likeness (QED) is 0.840. The molecule has 2 rings (SSSR count). The second-order valence-electron chi connectivity index (χ2n) is 4.36. The van der Waals surface area contributed by atoms with Crippen LogP contribution in [0.5, 0.6) is 0 Å². The summed E-state index contributed by atoms with van der Waals surface area (Å²) in [6.45, 7) is 4.24. The van der Waals surface area contributed by atoms with Crippen molar-refractivity contribution in [1.82, 2.24) is 5.32 Å². The number of hydrogen-bond donors (Lipinski definition) is 1. The van der Waals surface area contributed by atoms with Crippen LogP contribution in [0.4, 0.5) is 0 Å². The third-order valence-electron chi connectivity index (χ3n) is 3.03. The van der Waals surface area contributed by atoms with Crippen LogP contribution >= 0.6 is 0 Å². The molecule has 1 aliphatic carbocycles. The van der Waals surface area contributed by atoms with Gasteiger partial charge in [-0.25, -0.2) is 0 Å². The molecule has 0 fully saturated rings. The molecular weight excluding hydrogens is 198 g/mol. The minimum atomic E-state index is 0.236. The Labute approximate surface area is 96.4 Å². The van der Waals surface area contributed by atoms with E-state index in [9.17, 15) is 4.79 Å². The van der Waals surface area contributed by atoms with Gasteiger partial charge in [0, 0.05) is 24.2 Å². The number of ketones is 1. The zero-order valence-corrected chi connectivity index (χ0v) is 9.79. The Bertz CT molecular complexity index is 434. The van der Waals surface area contributed by atoms with Crippen molar-refractivity contribution in [1.29, 1.82) is 0 Å². The first-order valence-corrected chi connectivity index (χ1v) is 5.72. The van der Waals surface area contributed by atoms with Gasteiger partial charge in [0.2, 0.25) is 0 Å². The number of hydrogen-bond acceptors (Lipinski definition) is 2. The van der Waals surface area contributed by atoms with Gasteiger partial charge in [-0.05, 0) is 31.4 Å². The lowest BCUT2D eigenvalue weighted by molar-refractivity contribution is -0.114. The molecule has 1 N–H and O–H groups in total. The van der Waals surface area contributed by atoms with Crippen LogP contribution < -0.4 is 5.32 Å². The van der Waals surface area contributed by atoms with Crippen LogP contribution in [-0.2, 0) is 4.79 Å². The Balaban J connectivity index is 2.09. The Morgan fingerprint density at radius 3 is 2.62 bits per heavy atom. The van der Waals surface area contributed by atoms with Gasteiger partial charge in [0.1, 0.15) is 0 Å². The van der Waals surface area contributed by atoms with E-state index in [0.29, 0.717) is 6.42 Å². The van der Waals surface area contributed by atoms with Gasteiger partial charge in [-0.3, -0.25) is 4.79 Å². The summed E-state index contributed by atoms with van der Waals surface area (Å²) in [4.78, 5) is 11.1. The van der Waals surface area contributed by atoms with E-state index in [-0.39, 0.29) is 11.8 Å². The average molecular weight is 215 g/mol. The number of aryl methyl sites for hydroxylation is 1. The van der Waals surface area contributed by atoms with E-state index in [0.717, 1.165) is 12.1 Å². The average Bonchev–Trinajstić information content (AvgIpc) is 2.64. The highest BCUT2D eigenvalue weighted by Gasteiger charge is 2.15. The predicted octanol–water partition coefficient (Wildman–Crippen LogP) is 2.89. The zero-order chi connectivity index (χ0) is 11.5. The van der Waals surface area contributed by atoms with Crippen LogP contribution in [0.1, 0.15) is 36.9 Å². The molecule has 0 heterocycles. The fourth-order valence-corrected chi connectivity index (χ4v) is 2.14. The van der Waals surface area contributed by atoms with Crippen molar-refractivity contribution in [2.75, 3.05) is 0 Å². The summed E-state index contributed by atoms with van der Waals surface area (Å²) in [5.74, 6) is 0.236. The first-order chi connectivity index (χ1) is 7.66. The number of allylic oxidation sites excluding steroid dienone is 2. The standard InChI is InChI=1S/C14H17NO/c1-10-5-3-4-6-14(10)11(2)15-12-7-8-13(16)9-12/h3-6,9,11,15H,7-8H2,1-2H3. The molecule has 0 spiro atoms. The first-order valence-electron chi connectivity index (χ1n) is 5.72. The van der Waals surface area contributed by atoms with E-state index in [2.05, 4.69) is 37.4 Å². The number of rotatable bonds is 3. The van der Waals surface area contributed by atoms with E-state index in [1.54, 1.807) is 6.08 Å². The summed E-state index contributed by atoms with van der Waals surface area (Å²) >= 11 is 0. The highest BCUT2D eigenvalue weighted by atomic mass is 16.1. The third-order valence-corrected chi connectivity index (χ3v) is 3.03. The molecule has 2 nitrogen and oxygen atoms in total. The van der Waals surface area contributed by atoms with Gasteiger partial charge in [0.15, 0.2) is 5.78 Å². The third kappa shape index (κ3) is 2.32. The molecule has 1 atom stereocenters. The Morgan fingerprint density at radius 1 is 1.25 bits per heavy atom. The first kappa shape index (κ1) is 10.9. The van der Waals surface area contributed by atoms with Crippen molar-refractivity contribution in [3.63, 3.8) is 0 Å². The summed E-state index contributed by atoms with van der Waals surface area (Å²) in [6.07, 6.45) is 3.24. The van der Waals surface area contributed by atoms with E-state index in [1.165, 1.54) is 11.1 Å². The van der Waals surface area contributed by atoms with Crippen LogP contribution in [0.2, 0.25) is 0 Å². The molecule has 1 unspecified atom stereocenters. The number of carbonyl (C=O) groups is 1. The van der Waals surface area contributed by atoms with Gasteiger partial charge in [0.05, 0.1) is 0 Å². The van der Waals surface area contributed by atoms with E-state index in [1.807, 2.05) is 6.07 Å². The molecule has 0 bridgehead atoms. The second kappa shape index (κ2) is 4.52. The fourth-order valence-electron chi connectivity index (χ4n) is 2.14. The van der Waals surface area contributed by atoms with Crippen molar-refractivity contribution >= 4 is 5.78 Å². The van der Waals surface area contributed by atoms with E-state index >= 15 is 0 Å². The van der Waals surface area contributed by atoms with Crippen LogP contribution in [0.15, 0.2) is 36.0 Å². The molecule has 0 amide bonds. The summed E-state index contributed by atoms with van der Waals surface area (Å²) in [5.41, 5.74) is 3.65. The van der Waals surface area contributed by atoms with Gasteiger partial charge in [0.25, 0.3) is 0 Å². The molecule has 0 aliphatic heterocycles. The maximum absolute atomic E-state index is 11.1. The summed E-state index contributed by atoms with van der Waals surface area (Å²) in [7, 11) is 0. The van der Waals surface area contributed by atoms with Crippen molar-refractivity contribution in [2.24, 2.45) is 0 Å². The van der Waals surface area contributed by atoms with Crippen LogP contribution in [0, 0.1) is 6.92 Å². The number of carbonyl (C=O) groups excluding carboxylic acids is 1. The fraction of sp³-hybridized carbons (Fsp3) is 0.357. The maximum atomic E-state index is 11.1. The molecule has 0 aromatic heterocycles. The lowest BCUT2D eigenvalue weighted by atomic mass is 10.0. The molecular formula is C14H17NO. The second-order valence-corrected chi connectivity index (χ2v) is 4.36. The Hall–Kier alpha value is -1.57. The van der Waals surface area contributed by atoms with Crippen molar-refractivity contribution in [2.45, 2.75) is 32.7 Å².